The third kappa shape index (κ3) is 74.7. The van der Waals surface area contributed by atoms with Crippen molar-refractivity contribution in [2.75, 3.05) is 47.5 Å². The molecule has 10 heteroatoms. The fraction of sp³-hybridized carbons (Fsp3) is 0.659. The highest BCUT2D eigenvalue weighted by atomic mass is 31.2. The molecular weight excluding hydrogens is 1160 g/mol. The maximum Gasteiger partial charge on any atom is 0.472 e. The number of nitrogens with zero attached hydrogens (tertiary/aromatic N) is 1. The molecule has 0 aromatic heterocycles. The minimum absolute atomic E-state index is 0.0247. The predicted octanol–water partition coefficient (Wildman–Crippen LogP) is 24.7. The molecule has 0 heterocycles. The largest absolute Gasteiger partial charge is 0.472 e. The maximum atomic E-state index is 12.9. The number of carbonyl (C=O) groups excluding carboxylic acids is 2. The molecule has 92 heavy (non-hydrogen) atoms. The summed E-state index contributed by atoms with van der Waals surface area (Å²) in [5.74, 6) is -0.803. The van der Waals surface area contributed by atoms with Crippen LogP contribution in [0.2, 0.25) is 0 Å². The van der Waals surface area contributed by atoms with Crippen molar-refractivity contribution in [3.05, 3.63) is 158 Å². The van der Waals surface area contributed by atoms with Gasteiger partial charge in [0.2, 0.25) is 0 Å². The summed E-state index contributed by atoms with van der Waals surface area (Å²) in [4.78, 5) is 35.9. The van der Waals surface area contributed by atoms with E-state index in [1.54, 1.807) is 0 Å². The molecule has 0 aliphatic heterocycles. The van der Waals surface area contributed by atoms with Gasteiger partial charge in [0.1, 0.15) is 19.8 Å². The van der Waals surface area contributed by atoms with Crippen LogP contribution in [0.15, 0.2) is 158 Å². The first-order valence-electron chi connectivity index (χ1n) is 37.2. The molecule has 0 spiro atoms. The summed E-state index contributed by atoms with van der Waals surface area (Å²) in [5.41, 5.74) is 0. The lowest BCUT2D eigenvalue weighted by Gasteiger charge is -2.24. The van der Waals surface area contributed by atoms with E-state index in [0.717, 1.165) is 128 Å². The van der Waals surface area contributed by atoms with Crippen LogP contribution < -0.4 is 0 Å². The SMILES string of the molecule is CC/C=C\C/C=C\C/C=C\C/C=C\C/C=C\C/C=C\C/C=C\C/C=C\CCCCCCCCCCCCC(=O)OC(COC(=O)CCCCCCCCCCCCCCCCCCC/C=C\C/C=C\C/C=C\C/C=C\C/C=C\CC)COP(=O)(O)OCC[N+](C)(C)C. The lowest BCUT2D eigenvalue weighted by molar-refractivity contribution is -0.870. The number of unbranched alkanes of at least 4 members (excludes halogenated alkanes) is 27. The molecule has 0 fully saturated rings. The minimum atomic E-state index is -4.40. The third-order valence-electron chi connectivity index (χ3n) is 15.6. The molecule has 0 rings (SSSR count). The van der Waals surface area contributed by atoms with E-state index < -0.39 is 26.5 Å². The Hall–Kier alpha value is -4.37. The lowest BCUT2D eigenvalue weighted by Crippen LogP contribution is -2.37. The molecule has 0 saturated carbocycles. The summed E-state index contributed by atoms with van der Waals surface area (Å²) in [7, 11) is 1.46. The Balaban J connectivity index is 4.06. The molecule has 0 aliphatic carbocycles. The minimum Gasteiger partial charge on any atom is -0.462 e. The Kier molecular flexibility index (Phi) is 67.6. The standard InChI is InChI=1S/C82H138NO8P/c1-6-8-10-12-14-16-18-20-22-24-26-28-30-32-34-36-38-40-41-43-45-47-49-51-53-55-57-59-61-63-65-67-69-71-73-75-82(85)91-80(79-90-92(86,87)89-77-76-83(3,4)5)78-88-81(84)74-72-70-68-66-64-62-60-58-56-54-52-50-48-46-44-42-39-37-35-33-31-29-27-25-23-21-19-17-15-13-11-9-7-2/h8-11,14-17,20-23,26-29,32-35,38,40,43,45,49,51,80H,6-7,12-13,18-19,24-25,30-31,36-37,39,41-42,44,46-48,50,52-79H2,1-5H3/p+1/b10-8-,11-9-,16-14-,17-15-,22-20-,23-21-,28-26-,29-27-,34-32-,35-33-,40-38-,45-43-,51-49-. The zero-order valence-corrected chi connectivity index (χ0v) is 60.6. The number of phosphoric ester groups is 1. The van der Waals surface area contributed by atoms with Gasteiger partial charge in [-0.3, -0.25) is 18.6 Å². The first kappa shape index (κ1) is 87.6. The van der Waals surface area contributed by atoms with Crippen LogP contribution in [-0.2, 0) is 32.7 Å². The summed E-state index contributed by atoms with van der Waals surface area (Å²) in [6.45, 7) is 4.21. The Morgan fingerprint density at radius 3 is 0.870 bits per heavy atom. The van der Waals surface area contributed by atoms with Gasteiger partial charge in [-0.15, -0.1) is 0 Å². The number of phosphoric acid groups is 1. The average Bonchev–Trinajstić information content (AvgIpc) is 2.14. The molecule has 1 N–H and O–H groups in total. The number of hydrogen-bond donors (Lipinski definition) is 1. The summed E-state index contributed by atoms with van der Waals surface area (Å²) in [5, 5.41) is 0. The van der Waals surface area contributed by atoms with Gasteiger partial charge in [0.05, 0.1) is 27.7 Å². The van der Waals surface area contributed by atoms with Crippen molar-refractivity contribution in [2.45, 2.75) is 302 Å². The van der Waals surface area contributed by atoms with Crippen LogP contribution in [0.4, 0.5) is 0 Å². The Morgan fingerprint density at radius 1 is 0.337 bits per heavy atom. The van der Waals surface area contributed by atoms with E-state index in [9.17, 15) is 19.0 Å². The first-order valence-corrected chi connectivity index (χ1v) is 38.7. The molecule has 0 bridgehead atoms. The second kappa shape index (κ2) is 70.9. The molecule has 0 saturated heterocycles. The van der Waals surface area contributed by atoms with Gasteiger partial charge in [-0.2, -0.15) is 0 Å². The Morgan fingerprint density at radius 2 is 0.587 bits per heavy atom. The molecule has 0 aliphatic rings. The number of allylic oxidation sites excluding steroid dienone is 26. The fourth-order valence-corrected chi connectivity index (χ4v) is 10.7. The molecular formula is C82H139NO8P+. The molecule has 9 nitrogen and oxygen atoms in total. The van der Waals surface area contributed by atoms with E-state index in [1.807, 2.05) is 21.1 Å². The van der Waals surface area contributed by atoms with Gasteiger partial charge >= 0.3 is 19.8 Å². The molecule has 0 amide bonds. The van der Waals surface area contributed by atoms with E-state index in [4.69, 9.17) is 18.5 Å². The summed E-state index contributed by atoms with van der Waals surface area (Å²) >= 11 is 0. The number of carbonyl (C=O) groups is 2. The molecule has 524 valence electrons. The van der Waals surface area contributed by atoms with E-state index in [-0.39, 0.29) is 32.0 Å². The van der Waals surface area contributed by atoms with Crippen molar-refractivity contribution < 1.29 is 42.1 Å². The highest BCUT2D eigenvalue weighted by molar-refractivity contribution is 7.47. The molecule has 0 radical (unpaired) electrons. The highest BCUT2D eigenvalue weighted by Gasteiger charge is 2.27. The van der Waals surface area contributed by atoms with E-state index in [2.05, 4.69) is 172 Å². The van der Waals surface area contributed by atoms with Crippen molar-refractivity contribution in [3.8, 4) is 0 Å². The molecule has 2 unspecified atom stereocenters. The third-order valence-corrected chi connectivity index (χ3v) is 16.5. The zero-order chi connectivity index (χ0) is 66.9. The maximum absolute atomic E-state index is 12.9. The predicted molar refractivity (Wildman–Crippen MR) is 399 cm³/mol. The van der Waals surface area contributed by atoms with Crippen LogP contribution in [0.3, 0.4) is 0 Å². The second-order valence-corrected chi connectivity index (χ2v) is 27.0. The van der Waals surface area contributed by atoms with Crippen LogP contribution in [0.1, 0.15) is 296 Å². The normalized spacial score (nSPS) is 14.0. The van der Waals surface area contributed by atoms with Crippen LogP contribution in [0.5, 0.6) is 0 Å². The van der Waals surface area contributed by atoms with Gasteiger partial charge in [0.15, 0.2) is 6.10 Å². The molecule has 0 aromatic carbocycles. The summed E-state index contributed by atoms with van der Waals surface area (Å²) in [6.07, 6.45) is 106. The highest BCUT2D eigenvalue weighted by Crippen LogP contribution is 2.43. The van der Waals surface area contributed by atoms with Crippen molar-refractivity contribution in [1.82, 2.24) is 0 Å². The van der Waals surface area contributed by atoms with Gasteiger partial charge in [0.25, 0.3) is 0 Å². The zero-order valence-electron chi connectivity index (χ0n) is 59.7. The van der Waals surface area contributed by atoms with Crippen LogP contribution in [0.25, 0.3) is 0 Å². The van der Waals surface area contributed by atoms with Gasteiger partial charge in [-0.25, -0.2) is 4.57 Å². The van der Waals surface area contributed by atoms with Gasteiger partial charge in [0, 0.05) is 12.8 Å². The van der Waals surface area contributed by atoms with Gasteiger partial charge in [-0.1, -0.05) is 320 Å². The molecule has 2 atom stereocenters. The van der Waals surface area contributed by atoms with Gasteiger partial charge in [-0.05, 0) is 122 Å². The van der Waals surface area contributed by atoms with E-state index in [1.165, 1.54) is 135 Å². The second-order valence-electron chi connectivity index (χ2n) is 25.6. The van der Waals surface area contributed by atoms with E-state index >= 15 is 0 Å². The van der Waals surface area contributed by atoms with Crippen LogP contribution in [0, 0.1) is 0 Å². The van der Waals surface area contributed by atoms with Crippen molar-refractivity contribution in [3.63, 3.8) is 0 Å². The number of ether oxygens (including phenoxy) is 2. The van der Waals surface area contributed by atoms with Crippen molar-refractivity contribution in [1.29, 1.82) is 0 Å². The topological polar surface area (TPSA) is 108 Å². The van der Waals surface area contributed by atoms with Crippen LogP contribution in [-0.4, -0.2) is 74.9 Å². The van der Waals surface area contributed by atoms with Gasteiger partial charge < -0.3 is 18.9 Å². The number of likely N-dealkylation sites (N-methyl/N-ethyl adjacent to an activating group) is 1. The van der Waals surface area contributed by atoms with E-state index in [0.29, 0.717) is 17.4 Å². The smallest absolute Gasteiger partial charge is 0.462 e. The van der Waals surface area contributed by atoms with Crippen molar-refractivity contribution >= 4 is 19.8 Å². The quantitative estimate of drug-likeness (QED) is 0.0211. The summed E-state index contributed by atoms with van der Waals surface area (Å²) < 4.78 is 34.8. The van der Waals surface area contributed by atoms with Crippen LogP contribution >= 0.6 is 7.82 Å². The van der Waals surface area contributed by atoms with Crippen molar-refractivity contribution in [2.24, 2.45) is 0 Å². The Labute approximate surface area is 566 Å². The first-order chi connectivity index (χ1) is 45.0. The number of esters is 2. The fourth-order valence-electron chi connectivity index (χ4n) is 9.94. The summed E-state index contributed by atoms with van der Waals surface area (Å²) in [6, 6.07) is 0. The average molecular weight is 1300 g/mol. The number of hydrogen-bond acceptors (Lipinski definition) is 7. The lowest BCUT2D eigenvalue weighted by atomic mass is 10.0. The Bertz CT molecular complexity index is 2110. The number of quaternary nitrogens is 1. The monoisotopic (exact) mass is 1300 g/mol. The number of rotatable bonds is 67. The molecule has 0 aromatic rings.